The Balaban J connectivity index is 2.25. The van der Waals surface area contributed by atoms with Gasteiger partial charge in [0.25, 0.3) is 0 Å². The number of rotatable bonds is 5. The average molecular weight is 243 g/mol. The second kappa shape index (κ2) is 5.83. The van der Waals surface area contributed by atoms with Crippen LogP contribution in [0.4, 0.5) is 0 Å². The summed E-state index contributed by atoms with van der Waals surface area (Å²) in [6.45, 7) is 5.89. The lowest BCUT2D eigenvalue weighted by Gasteiger charge is -2.09. The van der Waals surface area contributed by atoms with Gasteiger partial charge >= 0.3 is 0 Å². The molecule has 0 atom stereocenters. The molecule has 0 aliphatic rings. The van der Waals surface area contributed by atoms with E-state index in [1.54, 1.807) is 0 Å². The lowest BCUT2D eigenvalue weighted by molar-refractivity contribution is 0.669. The van der Waals surface area contributed by atoms with Gasteiger partial charge in [-0.1, -0.05) is 44.2 Å². The first-order chi connectivity index (χ1) is 8.70. The Bertz CT molecular complexity index is 486. The van der Waals surface area contributed by atoms with Gasteiger partial charge in [0.1, 0.15) is 5.82 Å². The van der Waals surface area contributed by atoms with Crippen LogP contribution in [-0.4, -0.2) is 16.1 Å². The molecule has 2 rings (SSSR count). The number of nitrogens with zero attached hydrogens (tertiary/aromatic N) is 2. The molecule has 0 fully saturated rings. The van der Waals surface area contributed by atoms with E-state index in [1.807, 2.05) is 6.07 Å². The van der Waals surface area contributed by atoms with Crippen LogP contribution in [0.25, 0.3) is 0 Å². The van der Waals surface area contributed by atoms with E-state index in [1.165, 1.54) is 5.56 Å². The minimum absolute atomic E-state index is 0.431. The van der Waals surface area contributed by atoms with Crippen LogP contribution >= 0.6 is 0 Å². The van der Waals surface area contributed by atoms with Crippen LogP contribution in [0, 0.1) is 0 Å². The van der Waals surface area contributed by atoms with E-state index in [-0.39, 0.29) is 0 Å². The third kappa shape index (κ3) is 2.99. The average Bonchev–Trinajstić information content (AvgIpc) is 2.74. The second-order valence-electron chi connectivity index (χ2n) is 4.90. The number of hydrogen-bond acceptors (Lipinski definition) is 2. The molecule has 0 spiro atoms. The Hall–Kier alpha value is -1.61. The van der Waals surface area contributed by atoms with E-state index < -0.39 is 0 Å². The summed E-state index contributed by atoms with van der Waals surface area (Å²) in [4.78, 5) is 4.68. The fraction of sp³-hybridized carbons (Fsp3) is 0.400. The third-order valence-electron chi connectivity index (χ3n) is 2.97. The molecule has 18 heavy (non-hydrogen) atoms. The van der Waals surface area contributed by atoms with Gasteiger partial charge < -0.3 is 10.3 Å². The fourth-order valence-corrected chi connectivity index (χ4v) is 2.12. The van der Waals surface area contributed by atoms with Gasteiger partial charge in [-0.2, -0.15) is 0 Å². The highest BCUT2D eigenvalue weighted by molar-refractivity contribution is 5.17. The summed E-state index contributed by atoms with van der Waals surface area (Å²) in [6, 6.07) is 10.5. The number of nitrogens with two attached hydrogens (primary N) is 1. The summed E-state index contributed by atoms with van der Waals surface area (Å²) >= 11 is 0. The van der Waals surface area contributed by atoms with Gasteiger partial charge in [-0.05, 0) is 12.1 Å². The van der Waals surface area contributed by atoms with E-state index in [2.05, 4.69) is 53.9 Å². The molecule has 0 saturated heterocycles. The minimum atomic E-state index is 0.431. The van der Waals surface area contributed by atoms with Crippen LogP contribution in [0.1, 0.15) is 36.8 Å². The van der Waals surface area contributed by atoms with Gasteiger partial charge in [0.2, 0.25) is 0 Å². The van der Waals surface area contributed by atoms with Crippen molar-refractivity contribution in [3.8, 4) is 0 Å². The molecule has 1 heterocycles. The summed E-state index contributed by atoms with van der Waals surface area (Å²) in [5.41, 5.74) is 8.00. The van der Waals surface area contributed by atoms with Crippen LogP contribution in [0.2, 0.25) is 0 Å². The van der Waals surface area contributed by atoms with Gasteiger partial charge in [-0.15, -0.1) is 0 Å². The van der Waals surface area contributed by atoms with E-state index >= 15 is 0 Å². The topological polar surface area (TPSA) is 43.8 Å². The van der Waals surface area contributed by atoms with Crippen molar-refractivity contribution in [3.63, 3.8) is 0 Å². The Morgan fingerprint density at radius 3 is 2.56 bits per heavy atom. The molecule has 2 N–H and O–H groups in total. The zero-order valence-electron chi connectivity index (χ0n) is 11.1. The SMILES string of the molecule is CC(C)c1nc(CCN)cn1Cc1ccccc1. The van der Waals surface area contributed by atoms with E-state index in [4.69, 9.17) is 5.73 Å². The number of aromatic nitrogens is 2. The van der Waals surface area contributed by atoms with Gasteiger partial charge in [0.15, 0.2) is 0 Å². The van der Waals surface area contributed by atoms with Gasteiger partial charge in [-0.3, -0.25) is 0 Å². The Labute approximate surface area is 109 Å². The highest BCUT2D eigenvalue weighted by atomic mass is 15.1. The van der Waals surface area contributed by atoms with Crippen molar-refractivity contribution in [2.24, 2.45) is 5.73 Å². The summed E-state index contributed by atoms with van der Waals surface area (Å²) in [7, 11) is 0. The molecule has 0 radical (unpaired) electrons. The molecule has 1 aromatic heterocycles. The molecule has 0 amide bonds. The van der Waals surface area contributed by atoms with Crippen molar-refractivity contribution in [2.45, 2.75) is 32.7 Å². The van der Waals surface area contributed by atoms with Gasteiger partial charge in [-0.25, -0.2) is 4.98 Å². The Morgan fingerprint density at radius 2 is 1.94 bits per heavy atom. The smallest absolute Gasteiger partial charge is 0.111 e. The first kappa shape index (κ1) is 12.8. The highest BCUT2D eigenvalue weighted by Crippen LogP contribution is 2.16. The molecule has 96 valence electrons. The van der Waals surface area contributed by atoms with Crippen molar-refractivity contribution in [1.29, 1.82) is 0 Å². The largest absolute Gasteiger partial charge is 0.330 e. The monoisotopic (exact) mass is 243 g/mol. The zero-order chi connectivity index (χ0) is 13.0. The number of imidazole rings is 1. The maximum Gasteiger partial charge on any atom is 0.111 e. The molecule has 3 nitrogen and oxygen atoms in total. The summed E-state index contributed by atoms with van der Waals surface area (Å²) in [6.07, 6.45) is 2.98. The van der Waals surface area contributed by atoms with Crippen molar-refractivity contribution >= 4 is 0 Å². The molecule has 0 bridgehead atoms. The fourth-order valence-electron chi connectivity index (χ4n) is 2.12. The predicted octanol–water partition coefficient (Wildman–Crippen LogP) is 2.56. The van der Waals surface area contributed by atoms with E-state index in [0.29, 0.717) is 12.5 Å². The Kier molecular flexibility index (Phi) is 4.15. The van der Waals surface area contributed by atoms with Crippen LogP contribution in [-0.2, 0) is 13.0 Å². The first-order valence-corrected chi connectivity index (χ1v) is 6.50. The minimum Gasteiger partial charge on any atom is -0.330 e. The van der Waals surface area contributed by atoms with E-state index in [0.717, 1.165) is 24.5 Å². The molecule has 0 saturated carbocycles. The lowest BCUT2D eigenvalue weighted by atomic mass is 10.2. The zero-order valence-corrected chi connectivity index (χ0v) is 11.1. The van der Waals surface area contributed by atoms with Crippen molar-refractivity contribution in [3.05, 3.63) is 53.6 Å². The summed E-state index contributed by atoms with van der Waals surface area (Å²) in [5.74, 6) is 1.57. The van der Waals surface area contributed by atoms with Crippen LogP contribution in [0.3, 0.4) is 0 Å². The van der Waals surface area contributed by atoms with Crippen molar-refractivity contribution < 1.29 is 0 Å². The van der Waals surface area contributed by atoms with Crippen molar-refractivity contribution in [1.82, 2.24) is 9.55 Å². The lowest BCUT2D eigenvalue weighted by Crippen LogP contribution is -2.05. The first-order valence-electron chi connectivity index (χ1n) is 6.50. The molecule has 0 aliphatic carbocycles. The van der Waals surface area contributed by atoms with Gasteiger partial charge in [0, 0.05) is 25.1 Å². The maximum absolute atomic E-state index is 5.60. The second-order valence-corrected chi connectivity index (χ2v) is 4.90. The van der Waals surface area contributed by atoms with Gasteiger partial charge in [0.05, 0.1) is 5.69 Å². The standard InChI is InChI=1S/C15H21N3/c1-12(2)15-17-14(8-9-16)11-18(15)10-13-6-4-3-5-7-13/h3-7,11-12H,8-10,16H2,1-2H3. The Morgan fingerprint density at radius 1 is 1.22 bits per heavy atom. The molecular weight excluding hydrogens is 222 g/mol. The number of hydrogen-bond donors (Lipinski definition) is 1. The van der Waals surface area contributed by atoms with Crippen molar-refractivity contribution in [2.75, 3.05) is 6.54 Å². The quantitative estimate of drug-likeness (QED) is 0.877. The predicted molar refractivity (Wildman–Crippen MR) is 74.6 cm³/mol. The van der Waals surface area contributed by atoms with E-state index in [9.17, 15) is 0 Å². The van der Waals surface area contributed by atoms with Crippen LogP contribution < -0.4 is 5.73 Å². The molecule has 0 aliphatic heterocycles. The van der Waals surface area contributed by atoms with Crippen LogP contribution in [0.5, 0.6) is 0 Å². The summed E-state index contributed by atoms with van der Waals surface area (Å²) in [5, 5.41) is 0. The highest BCUT2D eigenvalue weighted by Gasteiger charge is 2.11. The molecular formula is C15H21N3. The molecule has 2 aromatic rings. The van der Waals surface area contributed by atoms with Crippen LogP contribution in [0.15, 0.2) is 36.5 Å². The number of benzene rings is 1. The normalized spacial score (nSPS) is 11.1. The summed E-state index contributed by atoms with van der Waals surface area (Å²) < 4.78 is 2.24. The maximum atomic E-state index is 5.60. The third-order valence-corrected chi connectivity index (χ3v) is 2.97. The molecule has 3 heteroatoms. The molecule has 0 unspecified atom stereocenters. The molecule has 1 aromatic carbocycles.